The Morgan fingerprint density at radius 1 is 1.17 bits per heavy atom. The first kappa shape index (κ1) is 24.4. The second-order valence-corrected chi connectivity index (χ2v) is 7.39. The fourth-order valence-corrected chi connectivity index (χ4v) is 3.70. The van der Waals surface area contributed by atoms with Crippen LogP contribution in [-0.2, 0) is 10.2 Å². The second kappa shape index (κ2) is 12.1. The zero-order valence-corrected chi connectivity index (χ0v) is 20.0. The minimum absolute atomic E-state index is 0. The molecule has 0 aliphatic carbocycles. The third-order valence-corrected chi connectivity index (χ3v) is 5.48. The number of likely N-dealkylation sites (N-methyl/N-ethyl adjacent to an activating group) is 1. The summed E-state index contributed by atoms with van der Waals surface area (Å²) in [5.74, 6) is 1.45. The van der Waals surface area contributed by atoms with E-state index in [1.54, 1.807) is 19.2 Å². The highest BCUT2D eigenvalue weighted by Crippen LogP contribution is 2.34. The lowest BCUT2D eigenvalue weighted by atomic mass is 9.74. The third-order valence-electron chi connectivity index (χ3n) is 5.48. The van der Waals surface area contributed by atoms with Crippen LogP contribution in [0.15, 0.2) is 59.6 Å². The summed E-state index contributed by atoms with van der Waals surface area (Å²) < 4.78 is 25.2. The van der Waals surface area contributed by atoms with E-state index in [0.717, 1.165) is 30.1 Å². The average molecular weight is 527 g/mol. The molecule has 0 aromatic heterocycles. The predicted octanol–water partition coefficient (Wildman–Crippen LogP) is 4.08. The molecule has 5 nitrogen and oxygen atoms in total. The molecule has 7 heteroatoms. The number of nitrogens with one attached hydrogen (secondary N) is 1. The van der Waals surface area contributed by atoms with Crippen molar-refractivity contribution in [2.45, 2.75) is 18.3 Å². The van der Waals surface area contributed by atoms with Gasteiger partial charge in [-0.3, -0.25) is 4.99 Å². The number of aliphatic imine (C=N–C) groups is 1. The molecule has 0 radical (unpaired) electrons. The number of rotatable bonds is 7. The topological polar surface area (TPSA) is 46.1 Å². The smallest absolute Gasteiger partial charge is 0.193 e. The van der Waals surface area contributed by atoms with E-state index in [0.29, 0.717) is 32.9 Å². The lowest BCUT2D eigenvalue weighted by molar-refractivity contribution is 0.0511. The number of benzene rings is 2. The van der Waals surface area contributed by atoms with Gasteiger partial charge in [0.2, 0.25) is 0 Å². The Hall–Kier alpha value is -1.87. The first-order chi connectivity index (χ1) is 14.1. The van der Waals surface area contributed by atoms with Crippen LogP contribution in [0.25, 0.3) is 0 Å². The molecule has 1 N–H and O–H groups in total. The van der Waals surface area contributed by atoms with Gasteiger partial charge in [-0.2, -0.15) is 0 Å². The van der Waals surface area contributed by atoms with Gasteiger partial charge in [0.15, 0.2) is 5.96 Å². The Bertz CT molecular complexity index is 798. The highest BCUT2D eigenvalue weighted by molar-refractivity contribution is 14.0. The maximum atomic E-state index is 13.9. The molecule has 2 aromatic carbocycles. The molecule has 1 heterocycles. The van der Waals surface area contributed by atoms with Gasteiger partial charge in [-0.05, 0) is 42.7 Å². The molecule has 0 bridgehead atoms. The van der Waals surface area contributed by atoms with Gasteiger partial charge in [-0.25, -0.2) is 4.39 Å². The van der Waals surface area contributed by atoms with E-state index in [2.05, 4.69) is 10.3 Å². The SMILES string of the molecule is CN=C(NCC1(c2cccc(F)c2)CCOCC1)N(C)CCOc1ccccc1.I. The predicted molar refractivity (Wildman–Crippen MR) is 129 cm³/mol. The summed E-state index contributed by atoms with van der Waals surface area (Å²) in [6.45, 7) is 3.29. The molecule has 30 heavy (non-hydrogen) atoms. The van der Waals surface area contributed by atoms with Gasteiger partial charge in [0.25, 0.3) is 0 Å². The maximum absolute atomic E-state index is 13.9. The van der Waals surface area contributed by atoms with Crippen LogP contribution in [0.5, 0.6) is 5.75 Å². The molecule has 3 rings (SSSR count). The number of hydrogen-bond donors (Lipinski definition) is 1. The zero-order chi connectivity index (χ0) is 20.5. The Balaban J connectivity index is 0.00000320. The number of para-hydroxylation sites is 1. The lowest BCUT2D eigenvalue weighted by Crippen LogP contribution is -2.49. The van der Waals surface area contributed by atoms with Crippen LogP contribution in [0.4, 0.5) is 4.39 Å². The zero-order valence-electron chi connectivity index (χ0n) is 17.6. The van der Waals surface area contributed by atoms with Crippen LogP contribution in [0.1, 0.15) is 18.4 Å². The van der Waals surface area contributed by atoms with Gasteiger partial charge in [-0.1, -0.05) is 30.3 Å². The third kappa shape index (κ3) is 6.57. The monoisotopic (exact) mass is 527 g/mol. The van der Waals surface area contributed by atoms with E-state index in [4.69, 9.17) is 9.47 Å². The van der Waals surface area contributed by atoms with Crippen LogP contribution in [0.2, 0.25) is 0 Å². The molecule has 1 saturated heterocycles. The number of nitrogens with zero attached hydrogens (tertiary/aromatic N) is 2. The van der Waals surface area contributed by atoms with Gasteiger partial charge >= 0.3 is 0 Å². The Morgan fingerprint density at radius 3 is 2.57 bits per heavy atom. The lowest BCUT2D eigenvalue weighted by Gasteiger charge is -2.39. The Kier molecular flexibility index (Phi) is 9.84. The van der Waals surface area contributed by atoms with Crippen LogP contribution in [-0.4, -0.2) is 57.9 Å². The first-order valence-electron chi connectivity index (χ1n) is 10.1. The van der Waals surface area contributed by atoms with E-state index >= 15 is 0 Å². The summed E-state index contributed by atoms with van der Waals surface area (Å²) in [6, 6.07) is 16.7. The molecule has 1 aliphatic rings. The summed E-state index contributed by atoms with van der Waals surface area (Å²) in [7, 11) is 3.76. The van der Waals surface area contributed by atoms with Gasteiger partial charge in [0.05, 0.1) is 6.54 Å². The van der Waals surface area contributed by atoms with E-state index in [9.17, 15) is 4.39 Å². The van der Waals surface area contributed by atoms with Gasteiger partial charge in [-0.15, -0.1) is 24.0 Å². The molecule has 0 atom stereocenters. The van der Waals surface area contributed by atoms with Crippen molar-refractivity contribution in [2.24, 2.45) is 4.99 Å². The van der Waals surface area contributed by atoms with Crippen LogP contribution in [0.3, 0.4) is 0 Å². The van der Waals surface area contributed by atoms with Crippen molar-refractivity contribution in [3.8, 4) is 5.75 Å². The minimum atomic E-state index is -0.201. The molecular formula is C23H31FIN3O2. The molecule has 0 unspecified atom stereocenters. The molecule has 0 spiro atoms. The molecule has 0 amide bonds. The molecule has 1 fully saturated rings. The number of hydrogen-bond acceptors (Lipinski definition) is 3. The quantitative estimate of drug-likeness (QED) is 0.335. The van der Waals surface area contributed by atoms with Crippen LogP contribution in [0, 0.1) is 5.82 Å². The summed E-state index contributed by atoms with van der Waals surface area (Å²) in [6.07, 6.45) is 1.70. The van der Waals surface area contributed by atoms with E-state index < -0.39 is 0 Å². The average Bonchev–Trinajstić information content (AvgIpc) is 2.75. The normalized spacial score (nSPS) is 15.8. The van der Waals surface area contributed by atoms with Crippen molar-refractivity contribution in [1.29, 1.82) is 0 Å². The number of halogens is 2. The number of ether oxygens (including phenoxy) is 2. The number of guanidine groups is 1. The van der Waals surface area contributed by atoms with E-state index in [-0.39, 0.29) is 35.2 Å². The van der Waals surface area contributed by atoms with E-state index in [1.165, 1.54) is 6.07 Å². The fourth-order valence-electron chi connectivity index (χ4n) is 3.70. The standard InChI is InChI=1S/C23H30FN3O2.HI/c1-25-22(27(2)13-16-29-21-9-4-3-5-10-21)26-18-23(11-14-28-15-12-23)19-7-6-8-20(24)17-19;/h3-10,17H,11-16,18H2,1-2H3,(H,25,26);1H. The van der Waals surface area contributed by atoms with Crippen molar-refractivity contribution in [1.82, 2.24) is 10.2 Å². The van der Waals surface area contributed by atoms with E-state index in [1.807, 2.05) is 48.3 Å². The van der Waals surface area contributed by atoms with Crippen molar-refractivity contribution in [3.63, 3.8) is 0 Å². The molecular weight excluding hydrogens is 496 g/mol. The van der Waals surface area contributed by atoms with Crippen molar-refractivity contribution >= 4 is 29.9 Å². The minimum Gasteiger partial charge on any atom is -0.492 e. The Morgan fingerprint density at radius 2 is 1.90 bits per heavy atom. The maximum Gasteiger partial charge on any atom is 0.193 e. The van der Waals surface area contributed by atoms with Gasteiger partial charge < -0.3 is 19.7 Å². The largest absolute Gasteiger partial charge is 0.492 e. The van der Waals surface area contributed by atoms with Crippen LogP contribution < -0.4 is 10.1 Å². The molecule has 0 saturated carbocycles. The van der Waals surface area contributed by atoms with Gasteiger partial charge in [0, 0.05) is 39.3 Å². The Labute approximate surface area is 195 Å². The molecule has 1 aliphatic heterocycles. The van der Waals surface area contributed by atoms with Gasteiger partial charge in [0.1, 0.15) is 18.2 Å². The first-order valence-corrected chi connectivity index (χ1v) is 10.1. The second-order valence-electron chi connectivity index (χ2n) is 7.39. The van der Waals surface area contributed by atoms with Crippen molar-refractivity contribution < 1.29 is 13.9 Å². The van der Waals surface area contributed by atoms with Crippen molar-refractivity contribution in [2.75, 3.05) is 47.0 Å². The van der Waals surface area contributed by atoms with Crippen LogP contribution >= 0.6 is 24.0 Å². The molecule has 2 aromatic rings. The molecule has 164 valence electrons. The van der Waals surface area contributed by atoms with Crippen molar-refractivity contribution in [3.05, 3.63) is 66.0 Å². The summed E-state index contributed by atoms with van der Waals surface area (Å²) in [5.41, 5.74) is 0.844. The highest BCUT2D eigenvalue weighted by Gasteiger charge is 2.35. The fraction of sp³-hybridized carbons (Fsp3) is 0.435. The summed E-state index contributed by atoms with van der Waals surface area (Å²) in [4.78, 5) is 6.45. The summed E-state index contributed by atoms with van der Waals surface area (Å²) >= 11 is 0. The summed E-state index contributed by atoms with van der Waals surface area (Å²) in [5, 5.41) is 3.49. The highest BCUT2D eigenvalue weighted by atomic mass is 127.